The number of carboxylic acid groups (broad SMARTS) is 1. The summed E-state index contributed by atoms with van der Waals surface area (Å²) in [6.07, 6.45) is 6.63. The van der Waals surface area contributed by atoms with Crippen LogP contribution in [0.1, 0.15) is 37.7 Å². The summed E-state index contributed by atoms with van der Waals surface area (Å²) >= 11 is 0. The van der Waals surface area contributed by atoms with Crippen LogP contribution < -0.4 is 0 Å². The zero-order valence-corrected chi connectivity index (χ0v) is 20.2. The van der Waals surface area contributed by atoms with Crippen molar-refractivity contribution < 1.29 is 24.2 Å². The van der Waals surface area contributed by atoms with Crippen LogP contribution in [0, 0.1) is 5.92 Å². The molecule has 1 heterocycles. The van der Waals surface area contributed by atoms with Crippen LogP contribution in [-0.2, 0) is 25.7 Å². The number of allylic oxidation sites excluding steroid dienone is 2. The third kappa shape index (κ3) is 7.10. The highest BCUT2D eigenvalue weighted by Crippen LogP contribution is 2.35. The number of carboxylic acids is 1. The average molecular weight is 478 g/mol. The summed E-state index contributed by atoms with van der Waals surface area (Å²) in [4.78, 5) is 26.1. The van der Waals surface area contributed by atoms with Crippen molar-refractivity contribution >= 4 is 11.8 Å². The highest BCUT2D eigenvalue weighted by Gasteiger charge is 2.45. The molecule has 2 aliphatic rings. The Bertz CT molecular complexity index is 982. The molecule has 2 aromatic rings. The first-order valence-electron chi connectivity index (χ1n) is 12.6. The highest BCUT2D eigenvalue weighted by atomic mass is 16.5. The minimum atomic E-state index is -0.784. The van der Waals surface area contributed by atoms with E-state index in [1.165, 1.54) is 11.1 Å². The number of aliphatic carboxylic acids is 1. The van der Waals surface area contributed by atoms with Gasteiger partial charge in [-0.3, -0.25) is 14.5 Å². The zero-order chi connectivity index (χ0) is 24.5. The van der Waals surface area contributed by atoms with E-state index in [1.807, 2.05) is 30.4 Å². The molecule has 1 unspecified atom stereocenters. The van der Waals surface area contributed by atoms with Gasteiger partial charge in [0.15, 0.2) is 5.78 Å². The van der Waals surface area contributed by atoms with Crippen molar-refractivity contribution in [3.63, 3.8) is 0 Å². The van der Waals surface area contributed by atoms with E-state index >= 15 is 0 Å². The number of benzene rings is 2. The molecule has 2 aromatic carbocycles. The summed E-state index contributed by atoms with van der Waals surface area (Å²) < 4.78 is 11.9. The van der Waals surface area contributed by atoms with Gasteiger partial charge >= 0.3 is 5.97 Å². The molecule has 2 fully saturated rings. The Kier molecular flexibility index (Phi) is 9.23. The summed E-state index contributed by atoms with van der Waals surface area (Å²) in [7, 11) is 0. The van der Waals surface area contributed by atoms with Gasteiger partial charge in [0.25, 0.3) is 0 Å². The van der Waals surface area contributed by atoms with Crippen LogP contribution in [0.4, 0.5) is 0 Å². The van der Waals surface area contributed by atoms with Crippen LogP contribution >= 0.6 is 0 Å². The minimum Gasteiger partial charge on any atom is -0.481 e. The largest absolute Gasteiger partial charge is 0.481 e. The topological polar surface area (TPSA) is 76.1 Å². The Hall–Kier alpha value is -2.80. The van der Waals surface area contributed by atoms with Crippen LogP contribution in [-0.4, -0.2) is 60.2 Å². The SMILES string of the molecule is O=C(O)CCC=CCCC1[C@@H](OCc2ccc(-c3ccccc3)cc2)CC(=O)[C@@H]1N1CCOCC1. The fourth-order valence-electron chi connectivity index (χ4n) is 5.13. The van der Waals surface area contributed by atoms with Gasteiger partial charge in [-0.2, -0.15) is 0 Å². The molecular formula is C29H35NO5. The molecule has 35 heavy (non-hydrogen) atoms. The van der Waals surface area contributed by atoms with Crippen molar-refractivity contribution in [1.82, 2.24) is 4.90 Å². The predicted molar refractivity (Wildman–Crippen MR) is 135 cm³/mol. The average Bonchev–Trinajstić information content (AvgIpc) is 3.20. The molecule has 1 N–H and O–H groups in total. The lowest BCUT2D eigenvalue weighted by molar-refractivity contribution is -0.136. The number of Topliss-reactive ketones (excluding diaryl/α,β-unsaturated/α-hetero) is 1. The second-order valence-electron chi connectivity index (χ2n) is 9.32. The minimum absolute atomic E-state index is 0.114. The number of carbonyl (C=O) groups is 2. The van der Waals surface area contributed by atoms with Crippen molar-refractivity contribution in [2.45, 2.75) is 50.9 Å². The van der Waals surface area contributed by atoms with Crippen LogP contribution in [0.3, 0.4) is 0 Å². The monoisotopic (exact) mass is 477 g/mol. The Morgan fingerprint density at radius 3 is 2.40 bits per heavy atom. The molecule has 6 nitrogen and oxygen atoms in total. The molecule has 0 radical (unpaired) electrons. The molecule has 1 saturated carbocycles. The van der Waals surface area contributed by atoms with E-state index in [1.54, 1.807) is 0 Å². The fourth-order valence-corrected chi connectivity index (χ4v) is 5.13. The smallest absolute Gasteiger partial charge is 0.303 e. The number of hydrogen-bond acceptors (Lipinski definition) is 5. The van der Waals surface area contributed by atoms with Crippen molar-refractivity contribution in [1.29, 1.82) is 0 Å². The van der Waals surface area contributed by atoms with Crippen LogP contribution in [0.25, 0.3) is 11.1 Å². The molecule has 1 saturated heterocycles. The van der Waals surface area contributed by atoms with E-state index in [0.29, 0.717) is 32.7 Å². The molecule has 1 aliphatic heterocycles. The van der Waals surface area contributed by atoms with Gasteiger partial charge in [-0.25, -0.2) is 0 Å². The summed E-state index contributed by atoms with van der Waals surface area (Å²) in [5.74, 6) is -0.404. The predicted octanol–water partition coefficient (Wildman–Crippen LogP) is 4.73. The van der Waals surface area contributed by atoms with Gasteiger partial charge in [0.2, 0.25) is 0 Å². The van der Waals surface area contributed by atoms with Gasteiger partial charge in [0.05, 0.1) is 32.0 Å². The van der Waals surface area contributed by atoms with E-state index in [9.17, 15) is 9.59 Å². The van der Waals surface area contributed by atoms with Gasteiger partial charge in [-0.15, -0.1) is 0 Å². The third-order valence-electron chi connectivity index (χ3n) is 6.94. The molecular weight excluding hydrogens is 442 g/mol. The Morgan fingerprint density at radius 2 is 1.69 bits per heavy atom. The maximum Gasteiger partial charge on any atom is 0.303 e. The normalized spacial score (nSPS) is 23.2. The lowest BCUT2D eigenvalue weighted by atomic mass is 9.93. The first kappa shape index (κ1) is 25.3. The third-order valence-corrected chi connectivity index (χ3v) is 6.94. The Morgan fingerprint density at radius 1 is 1.00 bits per heavy atom. The van der Waals surface area contributed by atoms with Crippen LogP contribution in [0.2, 0.25) is 0 Å². The molecule has 1 aliphatic carbocycles. The summed E-state index contributed by atoms with van der Waals surface area (Å²) in [5.41, 5.74) is 3.45. The molecule has 6 heteroatoms. The standard InChI is InChI=1S/C29H35NO5/c31-26-20-27(35-21-22-12-14-24(15-13-22)23-8-4-3-5-9-23)25(10-6-1-2-7-11-28(32)33)29(26)30-16-18-34-19-17-30/h1-5,8-9,12-15,25,27,29H,6-7,10-11,16-21H2,(H,32,33)/t25?,27-,29+/m0/s1. The van der Waals surface area contributed by atoms with E-state index in [-0.39, 0.29) is 30.3 Å². The number of ketones is 1. The molecule has 186 valence electrons. The highest BCUT2D eigenvalue weighted by molar-refractivity contribution is 5.87. The van der Waals surface area contributed by atoms with Gasteiger partial charge in [0.1, 0.15) is 0 Å². The van der Waals surface area contributed by atoms with Crippen LogP contribution in [0.15, 0.2) is 66.7 Å². The zero-order valence-electron chi connectivity index (χ0n) is 20.2. The van der Waals surface area contributed by atoms with Crippen molar-refractivity contribution in [2.75, 3.05) is 26.3 Å². The van der Waals surface area contributed by atoms with Gasteiger partial charge in [0, 0.05) is 31.8 Å². The van der Waals surface area contributed by atoms with E-state index in [0.717, 1.165) is 31.5 Å². The second kappa shape index (κ2) is 12.8. The van der Waals surface area contributed by atoms with Crippen LogP contribution in [0.5, 0.6) is 0 Å². The quantitative estimate of drug-likeness (QED) is 0.472. The number of hydrogen-bond donors (Lipinski definition) is 1. The van der Waals surface area contributed by atoms with E-state index in [2.05, 4.69) is 41.3 Å². The second-order valence-corrected chi connectivity index (χ2v) is 9.32. The maximum absolute atomic E-state index is 13.1. The Balaban J connectivity index is 1.38. The van der Waals surface area contributed by atoms with Crippen molar-refractivity contribution in [3.05, 3.63) is 72.3 Å². The first-order valence-corrected chi connectivity index (χ1v) is 12.6. The number of nitrogens with zero attached hydrogens (tertiary/aromatic N) is 1. The van der Waals surface area contributed by atoms with E-state index in [4.69, 9.17) is 14.6 Å². The van der Waals surface area contributed by atoms with Gasteiger partial charge in [-0.1, -0.05) is 66.7 Å². The summed E-state index contributed by atoms with van der Waals surface area (Å²) in [6.45, 7) is 3.34. The lowest BCUT2D eigenvalue weighted by Crippen LogP contribution is -2.49. The molecule has 0 aromatic heterocycles. The lowest BCUT2D eigenvalue weighted by Gasteiger charge is -2.35. The molecule has 0 bridgehead atoms. The molecule has 4 rings (SSSR count). The number of morpholine rings is 1. The van der Waals surface area contributed by atoms with Crippen molar-refractivity contribution in [2.24, 2.45) is 5.92 Å². The van der Waals surface area contributed by atoms with Gasteiger partial charge in [-0.05, 0) is 36.0 Å². The molecule has 3 atom stereocenters. The number of rotatable bonds is 11. The Labute approximate surface area is 207 Å². The molecule has 0 amide bonds. The van der Waals surface area contributed by atoms with E-state index < -0.39 is 5.97 Å². The number of carbonyl (C=O) groups excluding carboxylic acids is 1. The van der Waals surface area contributed by atoms with Crippen molar-refractivity contribution in [3.8, 4) is 11.1 Å². The maximum atomic E-state index is 13.1. The fraction of sp³-hybridized carbons (Fsp3) is 0.448. The number of ether oxygens (including phenoxy) is 2. The first-order chi connectivity index (χ1) is 17.1. The molecule has 0 spiro atoms. The van der Waals surface area contributed by atoms with Gasteiger partial charge < -0.3 is 14.6 Å². The summed E-state index contributed by atoms with van der Waals surface area (Å²) in [5, 5.41) is 8.81. The summed E-state index contributed by atoms with van der Waals surface area (Å²) in [6, 6.07) is 18.6.